The second-order valence-electron chi connectivity index (χ2n) is 6.62. The maximum Gasteiger partial charge on any atom is 0.224 e. The van der Waals surface area contributed by atoms with Gasteiger partial charge < -0.3 is 10.3 Å². The number of nitrogens with zero attached hydrogens (tertiary/aromatic N) is 1. The maximum atomic E-state index is 12.2. The molecule has 5 heteroatoms. The number of carbonyl (C=O) groups is 1. The monoisotopic (exact) mass is 308 g/mol. The number of amides is 1. The van der Waals surface area contributed by atoms with Gasteiger partial charge in [0.15, 0.2) is 0 Å². The Kier molecular flexibility index (Phi) is 3.22. The lowest BCUT2D eigenvalue weighted by Crippen LogP contribution is -2.14. The number of aromatic nitrogens is 3. The Hall–Kier alpha value is -2.56. The predicted octanol–water partition coefficient (Wildman–Crippen LogP) is 3.64. The lowest BCUT2D eigenvalue weighted by Gasteiger charge is -2.13. The van der Waals surface area contributed by atoms with Crippen LogP contribution in [0.5, 0.6) is 0 Å². The number of carbonyl (C=O) groups excluding carboxylic acids is 1. The minimum Gasteiger partial charge on any atom is -0.353 e. The summed E-state index contributed by atoms with van der Waals surface area (Å²) >= 11 is 0. The number of H-pyrrole nitrogens is 2. The summed E-state index contributed by atoms with van der Waals surface area (Å²) in [5, 5.41) is 11.5. The van der Waals surface area contributed by atoms with E-state index < -0.39 is 0 Å². The third-order valence-corrected chi connectivity index (χ3v) is 4.41. The zero-order valence-electron chi connectivity index (χ0n) is 13.4. The van der Waals surface area contributed by atoms with E-state index >= 15 is 0 Å². The molecule has 4 rings (SSSR count). The molecular weight excluding hydrogens is 288 g/mol. The van der Waals surface area contributed by atoms with Crippen molar-refractivity contribution in [2.75, 3.05) is 5.32 Å². The van der Waals surface area contributed by atoms with Gasteiger partial charge in [-0.3, -0.25) is 9.89 Å². The van der Waals surface area contributed by atoms with Crippen molar-refractivity contribution in [1.29, 1.82) is 0 Å². The average Bonchev–Trinajstić information content (AvgIpc) is 3.09. The van der Waals surface area contributed by atoms with Gasteiger partial charge in [0, 0.05) is 17.3 Å². The van der Waals surface area contributed by atoms with Gasteiger partial charge in [-0.1, -0.05) is 19.9 Å². The number of hydrogen-bond donors (Lipinski definition) is 3. The highest BCUT2D eigenvalue weighted by Gasteiger charge is 2.23. The molecule has 23 heavy (non-hydrogen) atoms. The third kappa shape index (κ3) is 2.32. The molecule has 2 heterocycles. The highest BCUT2D eigenvalue weighted by Crippen LogP contribution is 2.39. The molecule has 0 saturated carbocycles. The van der Waals surface area contributed by atoms with Crippen LogP contribution in [0, 0.1) is 5.92 Å². The van der Waals surface area contributed by atoms with Crippen molar-refractivity contribution in [3.8, 4) is 11.4 Å². The summed E-state index contributed by atoms with van der Waals surface area (Å²) in [5.74, 6) is 0.419. The van der Waals surface area contributed by atoms with E-state index in [-0.39, 0.29) is 5.91 Å². The first-order valence-corrected chi connectivity index (χ1v) is 8.09. The van der Waals surface area contributed by atoms with Crippen LogP contribution in [-0.2, 0) is 17.6 Å². The number of hydrogen-bond acceptors (Lipinski definition) is 2. The molecule has 118 valence electrons. The summed E-state index contributed by atoms with van der Waals surface area (Å²) in [7, 11) is 0. The molecule has 0 atom stereocenters. The fourth-order valence-corrected chi connectivity index (χ4v) is 3.43. The summed E-state index contributed by atoms with van der Waals surface area (Å²) in [4.78, 5) is 15.7. The van der Waals surface area contributed by atoms with Gasteiger partial charge in [-0.25, -0.2) is 0 Å². The molecule has 0 spiro atoms. The fourth-order valence-electron chi connectivity index (χ4n) is 3.43. The van der Waals surface area contributed by atoms with Gasteiger partial charge >= 0.3 is 0 Å². The van der Waals surface area contributed by atoms with E-state index in [2.05, 4.69) is 40.4 Å². The lowest BCUT2D eigenvalue weighted by molar-refractivity contribution is -0.116. The molecular formula is C18H20N4O. The molecule has 0 fully saturated rings. The largest absolute Gasteiger partial charge is 0.353 e. The molecule has 0 radical (unpaired) electrons. The minimum atomic E-state index is 0.0699. The molecule has 0 bridgehead atoms. The van der Waals surface area contributed by atoms with Gasteiger partial charge in [0.1, 0.15) is 0 Å². The van der Waals surface area contributed by atoms with E-state index in [0.29, 0.717) is 12.3 Å². The highest BCUT2D eigenvalue weighted by molar-refractivity contribution is 6.05. The first-order chi connectivity index (χ1) is 11.1. The summed E-state index contributed by atoms with van der Waals surface area (Å²) < 4.78 is 0. The molecule has 0 aliphatic heterocycles. The van der Waals surface area contributed by atoms with E-state index in [0.717, 1.165) is 40.8 Å². The summed E-state index contributed by atoms with van der Waals surface area (Å²) in [6.45, 7) is 4.11. The summed E-state index contributed by atoms with van der Waals surface area (Å²) in [6, 6.07) is 6.02. The zero-order valence-corrected chi connectivity index (χ0v) is 13.4. The van der Waals surface area contributed by atoms with E-state index in [4.69, 9.17) is 0 Å². The Balaban J connectivity index is 1.81. The lowest BCUT2D eigenvalue weighted by atomic mass is 9.93. The second-order valence-corrected chi connectivity index (χ2v) is 6.62. The molecule has 3 N–H and O–H groups in total. The molecule has 1 aliphatic carbocycles. The number of benzene rings is 1. The molecule has 5 nitrogen and oxygen atoms in total. The highest BCUT2D eigenvalue weighted by atomic mass is 16.1. The normalized spacial score (nSPS) is 13.2. The molecule has 2 aromatic heterocycles. The van der Waals surface area contributed by atoms with Gasteiger partial charge in [0.05, 0.1) is 23.3 Å². The average molecular weight is 308 g/mol. The van der Waals surface area contributed by atoms with Crippen molar-refractivity contribution in [3.05, 3.63) is 35.5 Å². The zero-order chi connectivity index (χ0) is 16.0. The van der Waals surface area contributed by atoms with Crippen molar-refractivity contribution < 1.29 is 4.79 Å². The van der Waals surface area contributed by atoms with Crippen LogP contribution < -0.4 is 5.32 Å². The van der Waals surface area contributed by atoms with Crippen LogP contribution in [0.4, 0.5) is 5.69 Å². The number of anilines is 1. The molecule has 0 unspecified atom stereocenters. The van der Waals surface area contributed by atoms with Gasteiger partial charge in [-0.2, -0.15) is 5.10 Å². The van der Waals surface area contributed by atoms with Crippen LogP contribution in [0.15, 0.2) is 24.4 Å². The molecule has 0 saturated heterocycles. The number of nitrogens with one attached hydrogen (secondary N) is 3. The molecule has 1 amide bonds. The third-order valence-electron chi connectivity index (χ3n) is 4.41. The van der Waals surface area contributed by atoms with Crippen LogP contribution in [-0.4, -0.2) is 21.1 Å². The predicted molar refractivity (Wildman–Crippen MR) is 91.4 cm³/mol. The van der Waals surface area contributed by atoms with Gasteiger partial charge in [0.25, 0.3) is 0 Å². The number of rotatable bonds is 3. The Morgan fingerprint density at radius 3 is 3.00 bits per heavy atom. The van der Waals surface area contributed by atoms with Crippen LogP contribution in [0.2, 0.25) is 0 Å². The van der Waals surface area contributed by atoms with Crippen molar-refractivity contribution in [3.63, 3.8) is 0 Å². The van der Waals surface area contributed by atoms with E-state index in [1.807, 2.05) is 18.3 Å². The van der Waals surface area contributed by atoms with Crippen LogP contribution >= 0.6 is 0 Å². The first kappa shape index (κ1) is 14.1. The summed E-state index contributed by atoms with van der Waals surface area (Å²) in [5.41, 5.74) is 6.63. The van der Waals surface area contributed by atoms with Gasteiger partial charge in [-0.05, 0) is 42.0 Å². The van der Waals surface area contributed by atoms with Crippen LogP contribution in [0.25, 0.3) is 22.3 Å². The Labute approximate surface area is 134 Å². The van der Waals surface area contributed by atoms with Crippen molar-refractivity contribution >= 4 is 22.5 Å². The second kappa shape index (κ2) is 5.26. The maximum absolute atomic E-state index is 12.2. The van der Waals surface area contributed by atoms with E-state index in [9.17, 15) is 4.79 Å². The topological polar surface area (TPSA) is 73.6 Å². The van der Waals surface area contributed by atoms with Gasteiger partial charge in [0.2, 0.25) is 5.91 Å². The minimum absolute atomic E-state index is 0.0699. The quantitative estimate of drug-likeness (QED) is 0.691. The van der Waals surface area contributed by atoms with Crippen molar-refractivity contribution in [2.24, 2.45) is 5.92 Å². The number of aromatic amines is 2. The van der Waals surface area contributed by atoms with Crippen molar-refractivity contribution in [2.45, 2.75) is 33.1 Å². The standard InChI is InChI=1S/C18H20N4O/c1-10(2)8-15(23)20-13-4-3-5-14-16(13)12-7-6-11-9-19-22-17(11)18(12)21-14/h3-5,9-10,21H,6-8H2,1-2H3,(H,19,22)(H,20,23). The van der Waals surface area contributed by atoms with Crippen LogP contribution in [0.3, 0.4) is 0 Å². The summed E-state index contributed by atoms with van der Waals surface area (Å²) in [6.07, 6.45) is 4.36. The van der Waals surface area contributed by atoms with Crippen molar-refractivity contribution in [1.82, 2.24) is 15.2 Å². The first-order valence-electron chi connectivity index (χ1n) is 8.09. The Morgan fingerprint density at radius 2 is 2.17 bits per heavy atom. The molecule has 1 aliphatic rings. The molecule has 1 aromatic carbocycles. The number of aryl methyl sites for hydroxylation is 2. The molecule has 3 aromatic rings. The smallest absolute Gasteiger partial charge is 0.224 e. The van der Waals surface area contributed by atoms with E-state index in [1.54, 1.807) is 0 Å². The fraction of sp³-hybridized carbons (Fsp3) is 0.333. The van der Waals surface area contributed by atoms with Crippen LogP contribution in [0.1, 0.15) is 31.4 Å². The SMILES string of the molecule is CC(C)CC(=O)Nc1cccc2[nH]c3c(c12)CCc1cn[nH]c1-3. The Bertz CT molecular complexity index is 888. The van der Waals surface area contributed by atoms with Gasteiger partial charge in [-0.15, -0.1) is 0 Å². The van der Waals surface area contributed by atoms with E-state index in [1.165, 1.54) is 11.1 Å². The number of fused-ring (bicyclic) bond motifs is 5. The Morgan fingerprint density at radius 1 is 1.30 bits per heavy atom.